The third-order valence-electron chi connectivity index (χ3n) is 6.31. The van der Waals surface area contributed by atoms with Crippen LogP contribution >= 0.6 is 7.82 Å². The summed E-state index contributed by atoms with van der Waals surface area (Å²) in [5, 5.41) is 13.1. The van der Waals surface area contributed by atoms with E-state index in [1.807, 2.05) is 37.2 Å². The summed E-state index contributed by atoms with van der Waals surface area (Å²) in [7, 11) is 1.61. The zero-order valence-corrected chi connectivity index (χ0v) is 26.2. The molecule has 0 saturated heterocycles. The van der Waals surface area contributed by atoms with E-state index in [9.17, 15) is 14.6 Å². The smallest absolute Gasteiger partial charge is 0.476 e. The summed E-state index contributed by atoms with van der Waals surface area (Å²) in [6.07, 6.45) is 8.33. The summed E-state index contributed by atoms with van der Waals surface area (Å²) in [6.45, 7) is 4.19. The Morgan fingerprint density at radius 3 is 2.52 bits per heavy atom. The number of phosphoric ester groups is 1. The molecule has 12 nitrogen and oxygen atoms in total. The standard InChI is InChI=1S/C31H35N6O6P/c1-6-41-44(39,42-7-2)43-21-37-20-29(22-10-11-33-26(13-22)18-32)28-16-24(19-34-31(28)37)23-14-25(17-27(15-23)40-5)35-30(38)9-8-12-36(3)4/h8-11,13-17,19-20H,6-7,12,21H2,1-5H3,(H,35,38)/b9-8+. The number of pyridine rings is 2. The van der Waals surface area contributed by atoms with Gasteiger partial charge >= 0.3 is 7.82 Å². The molecular formula is C31H35N6O6P. The SMILES string of the molecule is CCOP(=O)(OCC)OCn1cc(-c2ccnc(C#N)c2)c2cc(-c3cc(NC(=O)/C=C/CN(C)C)cc(OC)c3)cnc21. The number of fused-ring (bicyclic) bond motifs is 1. The topological polar surface area (TPSA) is 141 Å². The van der Waals surface area contributed by atoms with Crippen molar-refractivity contribution in [3.8, 4) is 34.1 Å². The van der Waals surface area contributed by atoms with E-state index in [-0.39, 0.29) is 31.5 Å². The minimum Gasteiger partial charge on any atom is -0.497 e. The van der Waals surface area contributed by atoms with Crippen molar-refractivity contribution in [1.29, 1.82) is 5.26 Å². The van der Waals surface area contributed by atoms with Crippen LogP contribution in [-0.4, -0.2) is 66.3 Å². The number of phosphoric acid groups is 1. The summed E-state index contributed by atoms with van der Waals surface area (Å²) in [4.78, 5) is 23.3. The first-order chi connectivity index (χ1) is 21.2. The Balaban J connectivity index is 1.77. The zero-order chi connectivity index (χ0) is 31.7. The molecule has 0 aliphatic rings. The van der Waals surface area contributed by atoms with E-state index in [0.29, 0.717) is 23.6 Å². The number of nitrogens with one attached hydrogen (secondary N) is 1. The van der Waals surface area contributed by atoms with Gasteiger partial charge in [0.25, 0.3) is 0 Å². The van der Waals surface area contributed by atoms with Gasteiger partial charge in [0.05, 0.1) is 20.3 Å². The summed E-state index contributed by atoms with van der Waals surface area (Å²) in [5.74, 6) is 0.290. The molecule has 0 fully saturated rings. The largest absolute Gasteiger partial charge is 0.497 e. The Kier molecular flexibility index (Phi) is 11.0. The number of hydrogen-bond donors (Lipinski definition) is 1. The van der Waals surface area contributed by atoms with E-state index >= 15 is 0 Å². The van der Waals surface area contributed by atoms with Crippen LogP contribution < -0.4 is 10.1 Å². The molecule has 0 atom stereocenters. The minimum absolute atomic E-state index is 0.153. The summed E-state index contributed by atoms with van der Waals surface area (Å²) in [6, 6.07) is 12.9. The van der Waals surface area contributed by atoms with Crippen LogP contribution in [0.4, 0.5) is 5.69 Å². The van der Waals surface area contributed by atoms with Crippen molar-refractivity contribution in [2.45, 2.75) is 20.6 Å². The molecule has 4 rings (SSSR count). The summed E-state index contributed by atoms with van der Waals surface area (Å²) in [5.41, 5.74) is 4.35. The van der Waals surface area contributed by atoms with E-state index in [1.54, 1.807) is 68.4 Å². The number of methoxy groups -OCH3 is 1. The van der Waals surface area contributed by atoms with Crippen LogP contribution in [0.5, 0.6) is 5.75 Å². The second kappa shape index (κ2) is 14.9. The molecule has 0 spiro atoms. The van der Waals surface area contributed by atoms with Crippen molar-refractivity contribution < 1.29 is 27.7 Å². The van der Waals surface area contributed by atoms with Crippen molar-refractivity contribution in [1.82, 2.24) is 19.4 Å². The van der Waals surface area contributed by atoms with E-state index in [2.05, 4.69) is 16.4 Å². The van der Waals surface area contributed by atoms with Crippen LogP contribution in [0.2, 0.25) is 0 Å². The molecule has 4 aromatic rings. The molecule has 0 saturated carbocycles. The van der Waals surface area contributed by atoms with Crippen LogP contribution in [-0.2, 0) is 29.7 Å². The monoisotopic (exact) mass is 618 g/mol. The van der Waals surface area contributed by atoms with Crippen LogP contribution in [0.15, 0.2) is 67.1 Å². The number of likely N-dealkylation sites (N-methyl/N-ethyl adjacent to an activating group) is 1. The molecule has 1 amide bonds. The number of rotatable bonds is 14. The molecule has 13 heteroatoms. The molecule has 0 bridgehead atoms. The number of anilines is 1. The lowest BCUT2D eigenvalue weighted by atomic mass is 10.0. The van der Waals surface area contributed by atoms with Crippen molar-refractivity contribution in [2.75, 3.05) is 46.3 Å². The van der Waals surface area contributed by atoms with Gasteiger partial charge in [-0.1, -0.05) is 6.08 Å². The Hall–Kier alpha value is -4.37. The maximum atomic E-state index is 13.0. The van der Waals surface area contributed by atoms with Gasteiger partial charge in [-0.25, -0.2) is 14.5 Å². The molecule has 0 unspecified atom stereocenters. The number of nitrogens with zero attached hydrogens (tertiary/aromatic N) is 5. The van der Waals surface area contributed by atoms with Gasteiger partial charge in [0, 0.05) is 59.5 Å². The highest BCUT2D eigenvalue weighted by atomic mass is 31.2. The maximum absolute atomic E-state index is 13.0. The predicted molar refractivity (Wildman–Crippen MR) is 168 cm³/mol. The second-order valence-electron chi connectivity index (χ2n) is 9.79. The lowest BCUT2D eigenvalue weighted by Crippen LogP contribution is -2.13. The molecule has 1 N–H and O–H groups in total. The van der Waals surface area contributed by atoms with Gasteiger partial charge in [-0.2, -0.15) is 5.26 Å². The Bertz CT molecular complexity index is 1740. The number of benzene rings is 1. The first-order valence-corrected chi connectivity index (χ1v) is 15.3. The molecular weight excluding hydrogens is 583 g/mol. The molecule has 1 aromatic carbocycles. The van der Waals surface area contributed by atoms with E-state index < -0.39 is 7.82 Å². The Labute approximate surface area is 256 Å². The van der Waals surface area contributed by atoms with Crippen molar-refractivity contribution >= 4 is 30.5 Å². The number of carbonyl (C=O) groups excluding carboxylic acids is 1. The lowest BCUT2D eigenvalue weighted by molar-refractivity contribution is -0.111. The lowest BCUT2D eigenvalue weighted by Gasteiger charge is -2.16. The van der Waals surface area contributed by atoms with Gasteiger partial charge < -0.3 is 19.5 Å². The summed E-state index contributed by atoms with van der Waals surface area (Å²) >= 11 is 0. The van der Waals surface area contributed by atoms with Crippen LogP contribution in [0.3, 0.4) is 0 Å². The fourth-order valence-corrected chi connectivity index (χ4v) is 5.51. The highest BCUT2D eigenvalue weighted by Gasteiger charge is 2.26. The normalized spacial score (nSPS) is 11.8. The van der Waals surface area contributed by atoms with Crippen molar-refractivity contribution in [2.24, 2.45) is 0 Å². The highest BCUT2D eigenvalue weighted by molar-refractivity contribution is 7.48. The fourth-order valence-electron chi connectivity index (χ4n) is 4.39. The van der Waals surface area contributed by atoms with Crippen molar-refractivity contribution in [3.63, 3.8) is 0 Å². The van der Waals surface area contributed by atoms with Crippen LogP contribution in [0, 0.1) is 11.3 Å². The second-order valence-corrected chi connectivity index (χ2v) is 11.5. The van der Waals surface area contributed by atoms with E-state index in [4.69, 9.17) is 23.3 Å². The molecule has 0 radical (unpaired) electrons. The number of hydrogen-bond acceptors (Lipinski definition) is 10. The summed E-state index contributed by atoms with van der Waals surface area (Å²) < 4.78 is 36.4. The number of nitriles is 1. The zero-order valence-electron chi connectivity index (χ0n) is 25.3. The molecule has 44 heavy (non-hydrogen) atoms. The van der Waals surface area contributed by atoms with Crippen LogP contribution in [0.1, 0.15) is 19.5 Å². The molecule has 3 aromatic heterocycles. The van der Waals surface area contributed by atoms with E-state index in [1.165, 1.54) is 6.08 Å². The van der Waals surface area contributed by atoms with Crippen LogP contribution in [0.25, 0.3) is 33.3 Å². The quantitative estimate of drug-likeness (QED) is 0.135. The maximum Gasteiger partial charge on any atom is 0.476 e. The third-order valence-corrected chi connectivity index (χ3v) is 7.89. The minimum atomic E-state index is -3.79. The molecule has 0 aliphatic carbocycles. The molecule has 3 heterocycles. The third kappa shape index (κ3) is 8.17. The number of amides is 1. The average Bonchev–Trinajstić information content (AvgIpc) is 3.38. The van der Waals surface area contributed by atoms with Gasteiger partial charge in [-0.15, -0.1) is 0 Å². The van der Waals surface area contributed by atoms with Gasteiger partial charge in [0.2, 0.25) is 5.91 Å². The van der Waals surface area contributed by atoms with Gasteiger partial charge in [0.15, 0.2) is 0 Å². The highest BCUT2D eigenvalue weighted by Crippen LogP contribution is 2.49. The average molecular weight is 619 g/mol. The molecule has 0 aliphatic heterocycles. The Morgan fingerprint density at radius 1 is 1.07 bits per heavy atom. The first kappa shape index (κ1) is 32.5. The predicted octanol–water partition coefficient (Wildman–Crippen LogP) is 5.86. The number of aromatic nitrogens is 3. The van der Waals surface area contributed by atoms with Gasteiger partial charge in [0.1, 0.15) is 29.9 Å². The first-order valence-electron chi connectivity index (χ1n) is 13.9. The number of carbonyl (C=O) groups is 1. The fraction of sp³-hybridized carbons (Fsp3) is 0.290. The van der Waals surface area contributed by atoms with Crippen molar-refractivity contribution in [3.05, 3.63) is 72.8 Å². The Morgan fingerprint density at radius 2 is 1.84 bits per heavy atom. The number of ether oxygens (including phenoxy) is 1. The van der Waals surface area contributed by atoms with Gasteiger partial charge in [-0.05, 0) is 69.4 Å². The molecule has 230 valence electrons. The van der Waals surface area contributed by atoms with E-state index in [0.717, 1.165) is 27.6 Å². The van der Waals surface area contributed by atoms with Gasteiger partial charge in [-0.3, -0.25) is 18.4 Å².